The van der Waals surface area contributed by atoms with Gasteiger partial charge in [0, 0.05) is 19.8 Å². The van der Waals surface area contributed by atoms with Crippen molar-refractivity contribution in [2.45, 2.75) is 35.7 Å². The first-order valence-electron chi connectivity index (χ1n) is 10.5. The highest BCUT2D eigenvalue weighted by atomic mass is 35.5. The monoisotopic (exact) mass is 588 g/mol. The Kier molecular flexibility index (Phi) is 11.4. The third kappa shape index (κ3) is 9.08. The van der Waals surface area contributed by atoms with Gasteiger partial charge in [-0.05, 0) is 34.7 Å². The van der Waals surface area contributed by atoms with Crippen molar-refractivity contribution in [3.63, 3.8) is 0 Å². The van der Waals surface area contributed by atoms with Gasteiger partial charge in [-0.25, -0.2) is 4.79 Å². The average molecular weight is 590 g/mol. The Morgan fingerprint density at radius 1 is 1.16 bits per heavy atom. The Bertz CT molecular complexity index is 1220. The van der Waals surface area contributed by atoms with Crippen LogP contribution in [-0.2, 0) is 27.5 Å². The maximum atomic E-state index is 12.7. The number of halogens is 3. The lowest BCUT2D eigenvalue weighted by atomic mass is 10.1. The third-order valence-corrected chi connectivity index (χ3v) is 6.51. The number of nitrogens with zero attached hydrogens (tertiary/aromatic N) is 5. The molecule has 0 saturated carbocycles. The van der Waals surface area contributed by atoms with Gasteiger partial charge in [0.05, 0.1) is 21.4 Å². The summed E-state index contributed by atoms with van der Waals surface area (Å²) >= 11 is 13.8. The van der Waals surface area contributed by atoms with Crippen LogP contribution in [0.25, 0.3) is 0 Å². The van der Waals surface area contributed by atoms with Crippen LogP contribution in [0.15, 0.2) is 52.5 Å². The minimum absolute atomic E-state index is 0. The first-order valence-corrected chi connectivity index (χ1v) is 12.0. The number of ketones is 1. The van der Waals surface area contributed by atoms with Gasteiger partial charge in [-0.3, -0.25) is 9.59 Å². The van der Waals surface area contributed by atoms with Gasteiger partial charge < -0.3 is 20.1 Å². The number of rotatable bonds is 11. The van der Waals surface area contributed by atoms with Gasteiger partial charge in [0.2, 0.25) is 5.16 Å². The molecule has 0 aliphatic rings. The van der Waals surface area contributed by atoms with Crippen molar-refractivity contribution in [3.8, 4) is 0 Å². The lowest BCUT2D eigenvalue weighted by Gasteiger charge is -2.15. The Morgan fingerprint density at radius 3 is 2.41 bits per heavy atom. The summed E-state index contributed by atoms with van der Waals surface area (Å²) in [6.07, 6.45) is -1.56. The molecule has 2 N–H and O–H groups in total. The SMILES string of the molecule is CN(C)c1cc(Cl)c(Sc2nnn(CC(=O)C(CC(=O)O)NC(=O)OCc3ccccc3)n2)c(Cl)c1.Cl. The van der Waals surface area contributed by atoms with Crippen LogP contribution in [0.1, 0.15) is 12.0 Å². The van der Waals surface area contributed by atoms with Crippen molar-refractivity contribution in [2.24, 2.45) is 0 Å². The predicted octanol–water partition coefficient (Wildman–Crippen LogP) is 3.96. The lowest BCUT2D eigenvalue weighted by molar-refractivity contribution is -0.139. The number of tetrazole rings is 1. The van der Waals surface area contributed by atoms with Crippen LogP contribution in [0.3, 0.4) is 0 Å². The summed E-state index contributed by atoms with van der Waals surface area (Å²) in [5.41, 5.74) is 1.55. The van der Waals surface area contributed by atoms with Gasteiger partial charge in [0.15, 0.2) is 5.78 Å². The number of amides is 1. The van der Waals surface area contributed by atoms with E-state index in [0.29, 0.717) is 14.9 Å². The second-order valence-corrected chi connectivity index (χ2v) is 9.45. The summed E-state index contributed by atoms with van der Waals surface area (Å²) in [5.74, 6) is -1.92. The third-order valence-electron chi connectivity index (χ3n) is 4.70. The van der Waals surface area contributed by atoms with E-state index in [-0.39, 0.29) is 24.2 Å². The Hall–Kier alpha value is -3.06. The number of hydrogen-bond acceptors (Lipinski definition) is 9. The highest BCUT2D eigenvalue weighted by Gasteiger charge is 2.25. The standard InChI is InChI=1S/C22H22Cl2N6O5S.ClH/c1-29(2)14-8-15(23)20(16(24)9-14)36-21-26-28-30(27-21)11-18(31)17(10-19(32)33)25-22(34)35-12-13-6-4-3-5-7-13;/h3-9,17H,10-12H2,1-2H3,(H,25,34)(H,32,33);1H. The first-order chi connectivity index (χ1) is 17.1. The molecule has 11 nitrogen and oxygen atoms in total. The molecule has 3 rings (SSSR count). The number of carbonyl (C=O) groups excluding carboxylic acids is 2. The number of carbonyl (C=O) groups is 3. The van der Waals surface area contributed by atoms with Gasteiger partial charge >= 0.3 is 12.1 Å². The van der Waals surface area contributed by atoms with E-state index in [1.165, 1.54) is 0 Å². The Balaban J connectivity index is 0.00000481. The fourth-order valence-electron chi connectivity index (χ4n) is 2.91. The van der Waals surface area contributed by atoms with Crippen molar-refractivity contribution in [1.82, 2.24) is 25.5 Å². The van der Waals surface area contributed by atoms with Gasteiger partial charge in [0.1, 0.15) is 19.2 Å². The number of anilines is 1. The lowest BCUT2D eigenvalue weighted by Crippen LogP contribution is -2.44. The molecule has 0 saturated heterocycles. The van der Waals surface area contributed by atoms with Crippen LogP contribution >= 0.6 is 47.4 Å². The predicted molar refractivity (Wildman–Crippen MR) is 141 cm³/mol. The number of ether oxygens (including phenoxy) is 1. The maximum Gasteiger partial charge on any atom is 0.408 e. The molecule has 3 aromatic rings. The fourth-order valence-corrected chi connectivity index (χ4v) is 4.32. The van der Waals surface area contributed by atoms with Crippen molar-refractivity contribution in [3.05, 3.63) is 58.1 Å². The highest BCUT2D eigenvalue weighted by Crippen LogP contribution is 2.39. The summed E-state index contributed by atoms with van der Waals surface area (Å²) in [5, 5.41) is 24.2. The summed E-state index contributed by atoms with van der Waals surface area (Å²) in [6, 6.07) is 11.0. The number of hydrogen-bond donors (Lipinski definition) is 2. The molecule has 1 unspecified atom stereocenters. The van der Waals surface area contributed by atoms with E-state index in [1.807, 2.05) is 25.1 Å². The molecule has 1 atom stereocenters. The zero-order chi connectivity index (χ0) is 26.2. The number of aliphatic carboxylic acids is 1. The molecule has 1 aromatic heterocycles. The van der Waals surface area contributed by atoms with Gasteiger partial charge in [-0.1, -0.05) is 53.5 Å². The largest absolute Gasteiger partial charge is 0.481 e. The van der Waals surface area contributed by atoms with Crippen molar-refractivity contribution in [1.29, 1.82) is 0 Å². The molecule has 0 bridgehead atoms. The minimum atomic E-state index is -1.35. The fraction of sp³-hybridized carbons (Fsp3) is 0.273. The van der Waals surface area contributed by atoms with Crippen LogP contribution < -0.4 is 10.2 Å². The van der Waals surface area contributed by atoms with Crippen LogP contribution in [0.2, 0.25) is 10.0 Å². The van der Waals surface area contributed by atoms with Gasteiger partial charge in [0.25, 0.3) is 0 Å². The summed E-state index contributed by atoms with van der Waals surface area (Å²) < 4.78 is 5.08. The summed E-state index contributed by atoms with van der Waals surface area (Å²) in [4.78, 5) is 39.5. The molecule has 15 heteroatoms. The molecule has 0 fully saturated rings. The number of alkyl carbamates (subject to hydrolysis) is 1. The van der Waals surface area contributed by atoms with Gasteiger partial charge in [-0.15, -0.1) is 22.6 Å². The van der Waals surface area contributed by atoms with E-state index in [4.69, 9.17) is 33.0 Å². The molecule has 37 heavy (non-hydrogen) atoms. The van der Waals surface area contributed by atoms with Crippen molar-refractivity contribution in [2.75, 3.05) is 19.0 Å². The van der Waals surface area contributed by atoms with E-state index in [9.17, 15) is 14.4 Å². The first kappa shape index (κ1) is 30.2. The number of nitrogens with one attached hydrogen (secondary N) is 1. The minimum Gasteiger partial charge on any atom is -0.481 e. The summed E-state index contributed by atoms with van der Waals surface area (Å²) in [7, 11) is 3.71. The second-order valence-electron chi connectivity index (χ2n) is 7.66. The molecule has 2 aromatic carbocycles. The van der Waals surface area contributed by atoms with Crippen LogP contribution in [0.5, 0.6) is 0 Å². The molecule has 1 heterocycles. The van der Waals surface area contributed by atoms with E-state index in [1.54, 1.807) is 36.4 Å². The zero-order valence-electron chi connectivity index (χ0n) is 19.6. The Labute approximate surface area is 232 Å². The second kappa shape index (κ2) is 14.0. The van der Waals surface area contributed by atoms with E-state index in [2.05, 4.69) is 20.7 Å². The highest BCUT2D eigenvalue weighted by molar-refractivity contribution is 7.99. The van der Waals surface area contributed by atoms with E-state index >= 15 is 0 Å². The molecule has 1 amide bonds. The smallest absolute Gasteiger partial charge is 0.408 e. The van der Waals surface area contributed by atoms with E-state index < -0.39 is 36.9 Å². The zero-order valence-corrected chi connectivity index (χ0v) is 22.8. The number of aromatic nitrogens is 4. The molecule has 0 radical (unpaired) electrons. The maximum absolute atomic E-state index is 12.7. The number of benzene rings is 2. The van der Waals surface area contributed by atoms with E-state index in [0.717, 1.165) is 27.8 Å². The molecular formula is C22H23Cl3N6O5S. The average Bonchev–Trinajstić information content (AvgIpc) is 3.26. The van der Waals surface area contributed by atoms with Crippen LogP contribution in [-0.4, -0.2) is 63.3 Å². The van der Waals surface area contributed by atoms with Crippen LogP contribution in [0, 0.1) is 0 Å². The number of carboxylic acids is 1. The molecule has 198 valence electrons. The van der Waals surface area contributed by atoms with Crippen molar-refractivity contribution >= 4 is 70.9 Å². The molecule has 0 aliphatic heterocycles. The topological polar surface area (TPSA) is 140 Å². The van der Waals surface area contributed by atoms with Crippen LogP contribution in [0.4, 0.5) is 10.5 Å². The molecular weight excluding hydrogens is 567 g/mol. The van der Waals surface area contributed by atoms with Gasteiger partial charge in [-0.2, -0.15) is 4.80 Å². The Morgan fingerprint density at radius 2 is 1.81 bits per heavy atom. The molecule has 0 aliphatic carbocycles. The molecule has 0 spiro atoms. The normalized spacial score (nSPS) is 11.2. The number of carboxylic acid groups (broad SMARTS) is 1. The summed E-state index contributed by atoms with van der Waals surface area (Å²) in [6.45, 7) is -0.460. The van der Waals surface area contributed by atoms with Crippen molar-refractivity contribution < 1.29 is 24.2 Å². The number of Topliss-reactive ketones (excluding diaryl/α,β-unsaturated/α-hetero) is 1. The quantitative estimate of drug-likeness (QED) is 0.338.